The van der Waals surface area contributed by atoms with Crippen LogP contribution in [0.2, 0.25) is 10.0 Å². The van der Waals surface area contributed by atoms with Gasteiger partial charge in [0.25, 0.3) is 0 Å². The maximum Gasteiger partial charge on any atom is 0.321 e. The van der Waals surface area contributed by atoms with Gasteiger partial charge >= 0.3 is 5.97 Å². The number of allylic oxidation sites excluding steroid dienone is 1. The van der Waals surface area contributed by atoms with Crippen LogP contribution in [0.5, 0.6) is 0 Å². The molecular formula is C22H20Cl2N2O2S. The van der Waals surface area contributed by atoms with Crippen LogP contribution < -0.4 is 0 Å². The number of fused-ring (bicyclic) bond motifs is 1. The number of carboxylic acid groups (broad SMARTS) is 1. The average Bonchev–Trinajstić information content (AvgIpc) is 2.66. The number of aliphatic carboxylic acids is 1. The van der Waals surface area contributed by atoms with E-state index in [1.807, 2.05) is 36.4 Å². The maximum atomic E-state index is 12.1. The van der Waals surface area contributed by atoms with E-state index in [0.717, 1.165) is 41.8 Å². The Morgan fingerprint density at radius 2 is 1.90 bits per heavy atom. The van der Waals surface area contributed by atoms with Gasteiger partial charge in [0.15, 0.2) is 5.17 Å². The van der Waals surface area contributed by atoms with E-state index in [4.69, 9.17) is 28.2 Å². The van der Waals surface area contributed by atoms with Crippen molar-refractivity contribution in [1.29, 1.82) is 0 Å². The van der Waals surface area contributed by atoms with Crippen molar-refractivity contribution in [2.45, 2.75) is 31.4 Å². The van der Waals surface area contributed by atoms with E-state index in [1.54, 1.807) is 6.07 Å². The summed E-state index contributed by atoms with van der Waals surface area (Å²) in [5.74, 6) is -0.891. The lowest BCUT2D eigenvalue weighted by Gasteiger charge is -2.36. The molecule has 2 aliphatic rings. The lowest BCUT2D eigenvalue weighted by Crippen LogP contribution is -2.32. The van der Waals surface area contributed by atoms with E-state index in [1.165, 1.54) is 17.3 Å². The molecule has 2 aromatic rings. The molecule has 4 nitrogen and oxygen atoms in total. The second kappa shape index (κ2) is 8.42. The van der Waals surface area contributed by atoms with Gasteiger partial charge in [-0.1, -0.05) is 65.3 Å². The summed E-state index contributed by atoms with van der Waals surface area (Å²) < 4.78 is 0. The van der Waals surface area contributed by atoms with E-state index in [2.05, 4.69) is 11.8 Å². The molecule has 0 bridgehead atoms. The lowest BCUT2D eigenvalue weighted by molar-refractivity contribution is -0.136. The van der Waals surface area contributed by atoms with E-state index in [-0.39, 0.29) is 0 Å². The topological polar surface area (TPSA) is 52.9 Å². The van der Waals surface area contributed by atoms with Gasteiger partial charge in [0.1, 0.15) is 5.25 Å². The molecule has 7 heteroatoms. The summed E-state index contributed by atoms with van der Waals surface area (Å²) in [4.78, 5) is 19.0. The molecule has 1 atom stereocenters. The van der Waals surface area contributed by atoms with Gasteiger partial charge in [-0.2, -0.15) is 0 Å². The highest BCUT2D eigenvalue weighted by atomic mass is 35.5. The second-order valence-electron chi connectivity index (χ2n) is 6.97. The smallest absolute Gasteiger partial charge is 0.321 e. The first-order valence-electron chi connectivity index (χ1n) is 9.51. The summed E-state index contributed by atoms with van der Waals surface area (Å²) in [6.45, 7) is 2.74. The Balaban J connectivity index is 1.82. The van der Waals surface area contributed by atoms with Crippen LogP contribution in [0.15, 0.2) is 53.0 Å². The summed E-state index contributed by atoms with van der Waals surface area (Å²) in [7, 11) is 0. The number of aliphatic imine (C=N–C) groups is 1. The summed E-state index contributed by atoms with van der Waals surface area (Å²) in [6, 6.07) is 12.9. The lowest BCUT2D eigenvalue weighted by atomic mass is 9.87. The number of hydrogen-bond donors (Lipinski definition) is 1. The predicted molar refractivity (Wildman–Crippen MR) is 121 cm³/mol. The Kier molecular flexibility index (Phi) is 5.91. The molecule has 150 valence electrons. The number of benzene rings is 2. The molecule has 2 aromatic carbocycles. The highest BCUT2D eigenvalue weighted by Gasteiger charge is 2.33. The Morgan fingerprint density at radius 3 is 2.48 bits per heavy atom. The third-order valence-electron chi connectivity index (χ3n) is 5.17. The average molecular weight is 447 g/mol. The zero-order chi connectivity index (χ0) is 20.5. The number of nitrogens with zero attached hydrogens (tertiary/aromatic N) is 2. The molecule has 0 saturated heterocycles. The Morgan fingerprint density at radius 1 is 1.21 bits per heavy atom. The molecule has 1 aliphatic carbocycles. The van der Waals surface area contributed by atoms with Gasteiger partial charge in [-0.15, -0.1) is 0 Å². The minimum atomic E-state index is -0.891. The molecule has 1 N–H and O–H groups in total. The van der Waals surface area contributed by atoms with E-state index < -0.39 is 11.2 Å². The summed E-state index contributed by atoms with van der Waals surface area (Å²) in [5, 5.41) is 10.7. The molecule has 1 saturated carbocycles. The number of carboxylic acids is 1. The first-order chi connectivity index (χ1) is 14.0. The Labute approximate surface area is 184 Å². The number of halogens is 2. The van der Waals surface area contributed by atoms with Crippen LogP contribution in [0.4, 0.5) is 5.69 Å². The molecule has 0 aromatic heterocycles. The number of hydrogen-bond acceptors (Lipinski definition) is 4. The van der Waals surface area contributed by atoms with Crippen LogP contribution >= 0.6 is 35.0 Å². The van der Waals surface area contributed by atoms with Crippen LogP contribution in [-0.4, -0.2) is 27.7 Å². The van der Waals surface area contributed by atoms with Crippen molar-refractivity contribution in [3.8, 4) is 0 Å². The molecule has 0 spiro atoms. The molecule has 1 unspecified atom stereocenters. The molecule has 0 radical (unpaired) electrons. The SMILES string of the molecule is CCN1C(SC(C(=O)O)c2ccccc2)=Nc2cc(Cl)c(Cl)cc2C1=C1CCC1. The first kappa shape index (κ1) is 20.3. The van der Waals surface area contributed by atoms with Gasteiger partial charge in [-0.05, 0) is 49.5 Å². The minimum absolute atomic E-state index is 0.444. The predicted octanol–water partition coefficient (Wildman–Crippen LogP) is 6.77. The maximum absolute atomic E-state index is 12.1. The fourth-order valence-electron chi connectivity index (χ4n) is 3.57. The summed E-state index contributed by atoms with van der Waals surface area (Å²) >= 11 is 13.8. The van der Waals surface area contributed by atoms with Crippen LogP contribution in [0, 0.1) is 0 Å². The van der Waals surface area contributed by atoms with Crippen molar-refractivity contribution in [2.75, 3.05) is 6.54 Å². The largest absolute Gasteiger partial charge is 0.480 e. The van der Waals surface area contributed by atoms with Crippen molar-refractivity contribution in [3.05, 3.63) is 69.2 Å². The minimum Gasteiger partial charge on any atom is -0.480 e. The van der Waals surface area contributed by atoms with Gasteiger partial charge in [0, 0.05) is 12.1 Å². The van der Waals surface area contributed by atoms with Crippen LogP contribution in [0.25, 0.3) is 5.70 Å². The van der Waals surface area contributed by atoms with Gasteiger partial charge in [0.05, 0.1) is 21.4 Å². The van der Waals surface area contributed by atoms with E-state index in [9.17, 15) is 9.90 Å². The zero-order valence-corrected chi connectivity index (χ0v) is 18.2. The standard InChI is InChI=1S/C22H20Cl2N2O2S/c1-2-26-19(13-9-6-10-13)15-11-16(23)17(24)12-18(15)25-22(26)29-20(21(27)28)14-7-4-3-5-8-14/h3-5,7-8,11-12,20H,2,6,9-10H2,1H3,(H,27,28). The second-order valence-corrected chi connectivity index (χ2v) is 8.86. The number of carbonyl (C=O) groups is 1. The third kappa shape index (κ3) is 3.91. The fourth-order valence-corrected chi connectivity index (χ4v) is 5.00. The Hall–Kier alpha value is -1.95. The van der Waals surface area contributed by atoms with Gasteiger partial charge in [-0.25, -0.2) is 4.99 Å². The zero-order valence-electron chi connectivity index (χ0n) is 15.9. The Bertz CT molecular complexity index is 1010. The molecule has 1 heterocycles. The van der Waals surface area contributed by atoms with E-state index in [0.29, 0.717) is 21.8 Å². The van der Waals surface area contributed by atoms with Gasteiger partial charge in [0.2, 0.25) is 0 Å². The number of thioether (sulfide) groups is 1. The van der Waals surface area contributed by atoms with Crippen molar-refractivity contribution in [1.82, 2.24) is 4.90 Å². The highest BCUT2D eigenvalue weighted by molar-refractivity contribution is 8.14. The van der Waals surface area contributed by atoms with Crippen molar-refractivity contribution < 1.29 is 9.90 Å². The highest BCUT2D eigenvalue weighted by Crippen LogP contribution is 2.47. The molecular weight excluding hydrogens is 427 g/mol. The van der Waals surface area contributed by atoms with Crippen molar-refractivity contribution in [2.24, 2.45) is 4.99 Å². The summed E-state index contributed by atoms with van der Waals surface area (Å²) in [6.07, 6.45) is 3.23. The normalized spacial score (nSPS) is 16.8. The van der Waals surface area contributed by atoms with E-state index >= 15 is 0 Å². The summed E-state index contributed by atoms with van der Waals surface area (Å²) in [5.41, 5.74) is 4.89. The van der Waals surface area contributed by atoms with Crippen LogP contribution in [-0.2, 0) is 4.79 Å². The molecule has 1 fully saturated rings. The molecule has 1 aliphatic heterocycles. The molecule has 4 rings (SSSR count). The fraction of sp³-hybridized carbons (Fsp3) is 0.273. The van der Waals surface area contributed by atoms with Gasteiger partial charge < -0.3 is 10.0 Å². The van der Waals surface area contributed by atoms with Gasteiger partial charge in [-0.3, -0.25) is 4.79 Å². The van der Waals surface area contributed by atoms with Crippen LogP contribution in [0.1, 0.15) is 42.6 Å². The molecule has 0 amide bonds. The monoisotopic (exact) mass is 446 g/mol. The number of rotatable bonds is 4. The quantitative estimate of drug-likeness (QED) is 0.562. The third-order valence-corrected chi connectivity index (χ3v) is 7.12. The van der Waals surface area contributed by atoms with Crippen molar-refractivity contribution in [3.63, 3.8) is 0 Å². The molecule has 29 heavy (non-hydrogen) atoms. The van der Waals surface area contributed by atoms with Crippen molar-refractivity contribution >= 4 is 57.5 Å². The first-order valence-corrected chi connectivity index (χ1v) is 11.1. The number of amidine groups is 1. The van der Waals surface area contributed by atoms with Crippen LogP contribution in [0.3, 0.4) is 0 Å².